The van der Waals surface area contributed by atoms with Crippen LogP contribution in [0, 0.1) is 0 Å². The van der Waals surface area contributed by atoms with Gasteiger partial charge in [0.05, 0.1) is 12.8 Å². The van der Waals surface area contributed by atoms with Crippen LogP contribution >= 0.6 is 0 Å². The molecule has 1 aromatic carbocycles. The number of hydrogen-bond acceptors (Lipinski definition) is 4. The van der Waals surface area contributed by atoms with Gasteiger partial charge in [0.15, 0.2) is 0 Å². The molecule has 0 unspecified atom stereocenters. The lowest BCUT2D eigenvalue weighted by Gasteiger charge is -2.15. The van der Waals surface area contributed by atoms with Gasteiger partial charge < -0.3 is 15.8 Å². The first-order valence-electron chi connectivity index (χ1n) is 7.83. The van der Waals surface area contributed by atoms with Crippen molar-refractivity contribution in [2.45, 2.75) is 26.7 Å². The summed E-state index contributed by atoms with van der Waals surface area (Å²) >= 11 is 0. The zero-order valence-corrected chi connectivity index (χ0v) is 13.6. The van der Waals surface area contributed by atoms with E-state index in [1.165, 1.54) is 11.1 Å². The molecule has 0 radical (unpaired) electrons. The van der Waals surface area contributed by atoms with Crippen molar-refractivity contribution >= 4 is 5.82 Å². The summed E-state index contributed by atoms with van der Waals surface area (Å²) in [6.07, 6.45) is 1.98. The van der Waals surface area contributed by atoms with Crippen LogP contribution in [-0.2, 0) is 12.8 Å². The normalized spacial score (nSPS) is 10.7. The molecule has 0 spiro atoms. The Balaban J connectivity index is 2.42. The maximum Gasteiger partial charge on any atom is 0.128 e. The number of methoxy groups -OCH3 is 1. The van der Waals surface area contributed by atoms with E-state index in [1.807, 2.05) is 12.1 Å². The highest BCUT2D eigenvalue weighted by atomic mass is 16.5. The molecule has 0 atom stereocenters. The van der Waals surface area contributed by atoms with Crippen molar-refractivity contribution in [1.29, 1.82) is 0 Å². The van der Waals surface area contributed by atoms with E-state index in [1.54, 1.807) is 13.2 Å². The van der Waals surface area contributed by atoms with Crippen molar-refractivity contribution in [1.82, 2.24) is 10.3 Å². The SMILES string of the molecule is CCNCCc1cc(OC)c(-c2cccc(N)n2)cc1CC. The number of rotatable bonds is 7. The molecule has 0 amide bonds. The molecular weight excluding hydrogens is 274 g/mol. The van der Waals surface area contributed by atoms with E-state index >= 15 is 0 Å². The fourth-order valence-electron chi connectivity index (χ4n) is 2.60. The van der Waals surface area contributed by atoms with Crippen LogP contribution in [0.15, 0.2) is 30.3 Å². The van der Waals surface area contributed by atoms with Crippen LogP contribution in [-0.4, -0.2) is 25.2 Å². The number of nitrogens with two attached hydrogens (primary N) is 1. The first-order valence-corrected chi connectivity index (χ1v) is 7.83. The molecule has 22 heavy (non-hydrogen) atoms. The molecule has 0 fully saturated rings. The molecule has 118 valence electrons. The van der Waals surface area contributed by atoms with Crippen molar-refractivity contribution in [3.63, 3.8) is 0 Å². The van der Waals surface area contributed by atoms with Gasteiger partial charge >= 0.3 is 0 Å². The summed E-state index contributed by atoms with van der Waals surface area (Å²) in [6, 6.07) is 9.99. The van der Waals surface area contributed by atoms with Crippen LogP contribution in [0.25, 0.3) is 11.3 Å². The number of benzene rings is 1. The summed E-state index contributed by atoms with van der Waals surface area (Å²) in [4.78, 5) is 4.42. The van der Waals surface area contributed by atoms with Crippen LogP contribution < -0.4 is 15.8 Å². The molecule has 1 heterocycles. The molecule has 4 nitrogen and oxygen atoms in total. The maximum atomic E-state index is 5.81. The molecule has 3 N–H and O–H groups in total. The van der Waals surface area contributed by atoms with Gasteiger partial charge in [0.2, 0.25) is 0 Å². The van der Waals surface area contributed by atoms with Crippen molar-refractivity contribution < 1.29 is 4.74 Å². The molecule has 0 saturated carbocycles. The Morgan fingerprint density at radius 1 is 1.18 bits per heavy atom. The second kappa shape index (κ2) is 7.80. The number of likely N-dealkylation sites (N-methyl/N-ethyl adjacent to an activating group) is 1. The highest BCUT2D eigenvalue weighted by molar-refractivity contribution is 5.70. The Labute approximate surface area is 132 Å². The van der Waals surface area contributed by atoms with Crippen LogP contribution in [0.5, 0.6) is 5.75 Å². The zero-order valence-electron chi connectivity index (χ0n) is 13.6. The third kappa shape index (κ3) is 3.77. The molecule has 2 aromatic rings. The molecule has 0 aliphatic rings. The van der Waals surface area contributed by atoms with Crippen molar-refractivity contribution in [3.8, 4) is 17.0 Å². The minimum Gasteiger partial charge on any atom is -0.496 e. The monoisotopic (exact) mass is 299 g/mol. The number of pyridine rings is 1. The fourth-order valence-corrected chi connectivity index (χ4v) is 2.60. The summed E-state index contributed by atoms with van der Waals surface area (Å²) in [7, 11) is 1.70. The Bertz CT molecular complexity index is 626. The first kappa shape index (κ1) is 16.3. The topological polar surface area (TPSA) is 60.2 Å². The maximum absolute atomic E-state index is 5.81. The molecule has 0 bridgehead atoms. The molecular formula is C18H25N3O. The van der Waals surface area contributed by atoms with Crippen LogP contribution in [0.1, 0.15) is 25.0 Å². The number of nitrogen functional groups attached to an aromatic ring is 1. The van der Waals surface area contributed by atoms with E-state index in [9.17, 15) is 0 Å². The highest BCUT2D eigenvalue weighted by Gasteiger charge is 2.12. The number of aromatic nitrogens is 1. The minimum atomic E-state index is 0.522. The smallest absolute Gasteiger partial charge is 0.128 e. The largest absolute Gasteiger partial charge is 0.496 e. The van der Waals surface area contributed by atoms with Gasteiger partial charge in [-0.15, -0.1) is 0 Å². The standard InChI is InChI=1S/C18H25N3O/c1-4-13-11-15(16-7-6-8-18(19)21-16)17(22-3)12-14(13)9-10-20-5-2/h6-8,11-12,20H,4-5,9-10H2,1-3H3,(H2,19,21). The molecule has 1 aromatic heterocycles. The lowest BCUT2D eigenvalue weighted by molar-refractivity contribution is 0.415. The average Bonchev–Trinajstić information content (AvgIpc) is 2.54. The summed E-state index contributed by atoms with van der Waals surface area (Å²) in [6.45, 7) is 6.26. The molecule has 0 aliphatic carbocycles. The Morgan fingerprint density at radius 2 is 2.00 bits per heavy atom. The number of anilines is 1. The quantitative estimate of drug-likeness (QED) is 0.771. The number of nitrogens with zero attached hydrogens (tertiary/aromatic N) is 1. The number of ether oxygens (including phenoxy) is 1. The lowest BCUT2D eigenvalue weighted by atomic mass is 9.97. The van der Waals surface area contributed by atoms with Gasteiger partial charge in [0.1, 0.15) is 11.6 Å². The average molecular weight is 299 g/mol. The number of hydrogen-bond donors (Lipinski definition) is 2. The lowest BCUT2D eigenvalue weighted by Crippen LogP contribution is -2.16. The molecule has 2 rings (SSSR count). The van der Waals surface area contributed by atoms with E-state index in [0.717, 1.165) is 42.9 Å². The van der Waals surface area contributed by atoms with Gasteiger partial charge in [-0.05, 0) is 61.3 Å². The number of aryl methyl sites for hydroxylation is 1. The molecule has 4 heteroatoms. The van der Waals surface area contributed by atoms with Crippen molar-refractivity contribution in [2.75, 3.05) is 25.9 Å². The van der Waals surface area contributed by atoms with Gasteiger partial charge in [-0.2, -0.15) is 0 Å². The van der Waals surface area contributed by atoms with Crippen molar-refractivity contribution in [2.24, 2.45) is 0 Å². The van der Waals surface area contributed by atoms with Crippen LogP contribution in [0.4, 0.5) is 5.82 Å². The van der Waals surface area contributed by atoms with Gasteiger partial charge in [0.25, 0.3) is 0 Å². The minimum absolute atomic E-state index is 0.522. The van der Waals surface area contributed by atoms with Gasteiger partial charge in [-0.25, -0.2) is 4.98 Å². The zero-order chi connectivity index (χ0) is 15.9. The highest BCUT2D eigenvalue weighted by Crippen LogP contribution is 2.32. The third-order valence-electron chi connectivity index (χ3n) is 3.77. The van der Waals surface area contributed by atoms with Gasteiger partial charge in [0, 0.05) is 5.56 Å². The summed E-state index contributed by atoms with van der Waals surface area (Å²) in [5, 5.41) is 3.37. The second-order valence-corrected chi connectivity index (χ2v) is 5.23. The second-order valence-electron chi connectivity index (χ2n) is 5.23. The van der Waals surface area contributed by atoms with Crippen molar-refractivity contribution in [3.05, 3.63) is 41.5 Å². The first-order chi connectivity index (χ1) is 10.7. The van der Waals surface area contributed by atoms with E-state index in [-0.39, 0.29) is 0 Å². The summed E-state index contributed by atoms with van der Waals surface area (Å²) in [5.41, 5.74) is 10.3. The van der Waals surface area contributed by atoms with E-state index in [0.29, 0.717) is 5.82 Å². The molecule has 0 aliphatic heterocycles. The van der Waals surface area contributed by atoms with Crippen LogP contribution in [0.2, 0.25) is 0 Å². The number of nitrogens with one attached hydrogen (secondary N) is 1. The third-order valence-corrected chi connectivity index (χ3v) is 3.77. The Kier molecular flexibility index (Phi) is 5.78. The molecule has 0 saturated heterocycles. The van der Waals surface area contributed by atoms with E-state index in [2.05, 4.69) is 36.3 Å². The van der Waals surface area contributed by atoms with Crippen LogP contribution in [0.3, 0.4) is 0 Å². The summed E-state index contributed by atoms with van der Waals surface area (Å²) in [5.74, 6) is 1.37. The fraction of sp³-hybridized carbons (Fsp3) is 0.389. The Morgan fingerprint density at radius 3 is 2.64 bits per heavy atom. The predicted octanol–water partition coefficient (Wildman–Crippen LogP) is 3.05. The predicted molar refractivity (Wildman–Crippen MR) is 92.3 cm³/mol. The Hall–Kier alpha value is -2.07. The summed E-state index contributed by atoms with van der Waals surface area (Å²) < 4.78 is 5.58. The van der Waals surface area contributed by atoms with E-state index < -0.39 is 0 Å². The van der Waals surface area contributed by atoms with E-state index in [4.69, 9.17) is 10.5 Å². The van der Waals surface area contributed by atoms with Gasteiger partial charge in [-0.1, -0.05) is 19.9 Å². The van der Waals surface area contributed by atoms with Gasteiger partial charge in [-0.3, -0.25) is 0 Å².